The van der Waals surface area contributed by atoms with Gasteiger partial charge in [0.15, 0.2) is 27.6 Å². The van der Waals surface area contributed by atoms with Crippen LogP contribution in [0.2, 0.25) is 10.3 Å². The van der Waals surface area contributed by atoms with Gasteiger partial charge in [-0.3, -0.25) is 0 Å². The highest BCUT2D eigenvalue weighted by atomic mass is 35.5. The third-order valence-electron chi connectivity index (χ3n) is 3.37. The number of hydrogen-bond donors (Lipinski definition) is 0. The molecule has 0 atom stereocenters. The number of ether oxygens (including phenoxy) is 2. The molecule has 0 N–H and O–H groups in total. The second-order valence-corrected chi connectivity index (χ2v) is 5.79. The summed E-state index contributed by atoms with van der Waals surface area (Å²) in [6.07, 6.45) is 0. The Labute approximate surface area is 150 Å². The maximum atomic E-state index is 6.26. The third kappa shape index (κ3) is 3.45. The van der Waals surface area contributed by atoms with Crippen molar-refractivity contribution >= 4 is 23.2 Å². The molecule has 0 aliphatic heterocycles. The number of halogens is 2. The van der Waals surface area contributed by atoms with Crippen LogP contribution < -0.4 is 9.47 Å². The van der Waals surface area contributed by atoms with Crippen molar-refractivity contribution in [1.82, 2.24) is 9.97 Å². The second-order valence-electron chi connectivity index (χ2n) is 5.08. The number of hydrogen-bond acceptors (Lipinski definition) is 4. The summed E-state index contributed by atoms with van der Waals surface area (Å²) < 4.78 is 11.0. The Hall–Kier alpha value is -2.30. The van der Waals surface area contributed by atoms with E-state index in [0.717, 1.165) is 11.1 Å². The van der Waals surface area contributed by atoms with Crippen molar-refractivity contribution in [2.45, 2.75) is 6.92 Å². The van der Waals surface area contributed by atoms with E-state index in [9.17, 15) is 0 Å². The van der Waals surface area contributed by atoms with Gasteiger partial charge in [0.1, 0.15) is 0 Å². The largest absolute Gasteiger partial charge is 0.493 e. The number of nitrogens with zero attached hydrogens (tertiary/aromatic N) is 2. The molecule has 3 aromatic rings. The van der Waals surface area contributed by atoms with E-state index in [1.165, 1.54) is 0 Å². The average molecular weight is 361 g/mol. The summed E-state index contributed by atoms with van der Waals surface area (Å²) >= 11 is 12.5. The van der Waals surface area contributed by atoms with Crippen molar-refractivity contribution in [3.63, 3.8) is 0 Å². The summed E-state index contributed by atoms with van der Waals surface area (Å²) in [5.74, 6) is 1.68. The molecule has 0 radical (unpaired) electrons. The highest BCUT2D eigenvalue weighted by Crippen LogP contribution is 2.38. The van der Waals surface area contributed by atoms with E-state index in [4.69, 9.17) is 32.7 Å². The first-order valence-electron chi connectivity index (χ1n) is 7.19. The molecule has 0 aliphatic rings. The van der Waals surface area contributed by atoms with Gasteiger partial charge in [-0.1, -0.05) is 65.2 Å². The van der Waals surface area contributed by atoms with Crippen LogP contribution in [0.5, 0.6) is 17.2 Å². The highest BCUT2D eigenvalue weighted by Gasteiger charge is 2.16. The summed E-state index contributed by atoms with van der Waals surface area (Å²) in [6, 6.07) is 15.0. The molecule has 0 saturated carbocycles. The fourth-order valence-corrected chi connectivity index (χ4v) is 2.59. The molecule has 0 bridgehead atoms. The molecule has 2 aromatic carbocycles. The lowest BCUT2D eigenvalue weighted by Crippen LogP contribution is -1.97. The molecule has 4 nitrogen and oxygen atoms in total. The summed E-state index contributed by atoms with van der Waals surface area (Å²) in [5.41, 5.74) is 1.97. The minimum atomic E-state index is 0.136. The molecule has 0 aliphatic carbocycles. The maximum absolute atomic E-state index is 6.26. The Kier molecular flexibility index (Phi) is 4.88. The number of rotatable bonds is 4. The Morgan fingerprint density at radius 2 is 1.42 bits per heavy atom. The predicted molar refractivity (Wildman–Crippen MR) is 95.3 cm³/mol. The van der Waals surface area contributed by atoms with Crippen molar-refractivity contribution in [3.05, 3.63) is 64.4 Å². The van der Waals surface area contributed by atoms with Crippen LogP contribution in [0, 0.1) is 6.92 Å². The lowest BCUT2D eigenvalue weighted by Gasteiger charge is -2.12. The molecule has 0 fully saturated rings. The molecular formula is C18H14Cl2N2O2. The first-order chi connectivity index (χ1) is 11.6. The van der Waals surface area contributed by atoms with Gasteiger partial charge in [0, 0.05) is 5.56 Å². The van der Waals surface area contributed by atoms with E-state index in [0.29, 0.717) is 17.3 Å². The fourth-order valence-electron chi connectivity index (χ4n) is 2.13. The van der Waals surface area contributed by atoms with Gasteiger partial charge < -0.3 is 9.47 Å². The van der Waals surface area contributed by atoms with Gasteiger partial charge in [-0.25, -0.2) is 9.97 Å². The first kappa shape index (κ1) is 16.6. The molecule has 122 valence electrons. The van der Waals surface area contributed by atoms with Gasteiger partial charge in [-0.2, -0.15) is 0 Å². The summed E-state index contributed by atoms with van der Waals surface area (Å²) in [7, 11) is 1.56. The Bertz CT molecular complexity index is 844. The van der Waals surface area contributed by atoms with Gasteiger partial charge in [-0.15, -0.1) is 0 Å². The molecule has 1 aromatic heterocycles. The maximum Gasteiger partial charge on any atom is 0.202 e. The summed E-state index contributed by atoms with van der Waals surface area (Å²) in [4.78, 5) is 8.58. The normalized spacial score (nSPS) is 10.5. The molecule has 0 spiro atoms. The molecule has 24 heavy (non-hydrogen) atoms. The second kappa shape index (κ2) is 7.07. The van der Waals surface area contributed by atoms with Gasteiger partial charge in [0.25, 0.3) is 0 Å². The van der Waals surface area contributed by atoms with Crippen molar-refractivity contribution in [1.29, 1.82) is 0 Å². The van der Waals surface area contributed by atoms with Crippen LogP contribution in [-0.4, -0.2) is 17.1 Å². The highest BCUT2D eigenvalue weighted by molar-refractivity contribution is 6.35. The zero-order valence-electron chi connectivity index (χ0n) is 13.1. The number of methoxy groups -OCH3 is 1. The van der Waals surface area contributed by atoms with Crippen molar-refractivity contribution < 1.29 is 9.47 Å². The molecule has 3 rings (SSSR count). The van der Waals surface area contributed by atoms with E-state index in [-0.39, 0.29) is 16.1 Å². The van der Waals surface area contributed by atoms with E-state index in [1.807, 2.05) is 43.3 Å². The molecular weight excluding hydrogens is 347 g/mol. The van der Waals surface area contributed by atoms with Gasteiger partial charge >= 0.3 is 0 Å². The quantitative estimate of drug-likeness (QED) is 0.571. The van der Waals surface area contributed by atoms with E-state index in [1.54, 1.807) is 19.2 Å². The van der Waals surface area contributed by atoms with Crippen molar-refractivity contribution in [2.24, 2.45) is 0 Å². The summed E-state index contributed by atoms with van der Waals surface area (Å²) in [6.45, 7) is 2.01. The average Bonchev–Trinajstić information content (AvgIpc) is 2.59. The minimum absolute atomic E-state index is 0.136. The molecule has 1 heterocycles. The molecule has 0 saturated heterocycles. The number of para-hydroxylation sites is 2. The smallest absolute Gasteiger partial charge is 0.202 e. The lowest BCUT2D eigenvalue weighted by atomic mass is 10.1. The van der Waals surface area contributed by atoms with E-state index < -0.39 is 0 Å². The Balaban J connectivity index is 1.97. The number of benzene rings is 2. The monoisotopic (exact) mass is 360 g/mol. The standard InChI is InChI=1S/C18H14Cl2N2O2/c1-11-7-9-12(10-8-11)18-21-16(19)15(17(20)22-18)24-14-6-4-3-5-13(14)23-2/h3-10H,1-2H3. The SMILES string of the molecule is COc1ccccc1Oc1c(Cl)nc(-c2ccc(C)cc2)nc1Cl. The Morgan fingerprint density at radius 1 is 0.833 bits per heavy atom. The number of aromatic nitrogens is 2. The van der Waals surface area contributed by atoms with E-state index >= 15 is 0 Å². The van der Waals surface area contributed by atoms with Crippen LogP contribution in [0.4, 0.5) is 0 Å². The first-order valence-corrected chi connectivity index (χ1v) is 7.95. The van der Waals surface area contributed by atoms with Crippen molar-refractivity contribution in [3.8, 4) is 28.6 Å². The third-order valence-corrected chi connectivity index (χ3v) is 3.89. The Morgan fingerprint density at radius 3 is 2.00 bits per heavy atom. The zero-order chi connectivity index (χ0) is 17.1. The van der Waals surface area contributed by atoms with Crippen LogP contribution >= 0.6 is 23.2 Å². The van der Waals surface area contributed by atoms with Crippen molar-refractivity contribution in [2.75, 3.05) is 7.11 Å². The van der Waals surface area contributed by atoms with E-state index in [2.05, 4.69) is 9.97 Å². The van der Waals surface area contributed by atoms with Crippen LogP contribution in [0.3, 0.4) is 0 Å². The molecule has 0 unspecified atom stereocenters. The zero-order valence-corrected chi connectivity index (χ0v) is 14.6. The number of aryl methyl sites for hydroxylation is 1. The van der Waals surface area contributed by atoms with Gasteiger partial charge in [-0.05, 0) is 19.1 Å². The molecule has 0 amide bonds. The van der Waals surface area contributed by atoms with Crippen LogP contribution in [0.1, 0.15) is 5.56 Å². The predicted octanol–water partition coefficient (Wildman–Crippen LogP) is 5.56. The van der Waals surface area contributed by atoms with Crippen LogP contribution in [-0.2, 0) is 0 Å². The lowest BCUT2D eigenvalue weighted by molar-refractivity contribution is 0.378. The topological polar surface area (TPSA) is 44.2 Å². The fraction of sp³-hybridized carbons (Fsp3) is 0.111. The minimum Gasteiger partial charge on any atom is -0.493 e. The van der Waals surface area contributed by atoms with Crippen LogP contribution in [0.15, 0.2) is 48.5 Å². The van der Waals surface area contributed by atoms with Gasteiger partial charge in [0.2, 0.25) is 5.75 Å². The summed E-state index contributed by atoms with van der Waals surface area (Å²) in [5, 5.41) is 0.271. The molecule has 6 heteroatoms. The van der Waals surface area contributed by atoms with Gasteiger partial charge in [0.05, 0.1) is 7.11 Å². The van der Waals surface area contributed by atoms with Crippen LogP contribution in [0.25, 0.3) is 11.4 Å².